The fourth-order valence-corrected chi connectivity index (χ4v) is 1.66. The minimum Gasteiger partial charge on any atom is -0.496 e. The summed E-state index contributed by atoms with van der Waals surface area (Å²) in [5.74, 6) is 0.210. The molecule has 0 aliphatic heterocycles. The first-order valence-electron chi connectivity index (χ1n) is 6.72. The van der Waals surface area contributed by atoms with E-state index in [2.05, 4.69) is 5.32 Å². The summed E-state index contributed by atoms with van der Waals surface area (Å²) >= 11 is 0. The van der Waals surface area contributed by atoms with Gasteiger partial charge in [-0.2, -0.15) is 0 Å². The molecule has 0 bridgehead atoms. The Labute approximate surface area is 125 Å². The number of rotatable bonds is 7. The second-order valence-electron chi connectivity index (χ2n) is 4.63. The molecule has 0 aromatic heterocycles. The maximum Gasteiger partial charge on any atom is 0.251 e. The molecule has 0 heterocycles. The maximum atomic E-state index is 12.0. The first-order valence-corrected chi connectivity index (χ1v) is 6.72. The second-order valence-corrected chi connectivity index (χ2v) is 4.63. The lowest BCUT2D eigenvalue weighted by molar-refractivity contribution is -0.127. The summed E-state index contributed by atoms with van der Waals surface area (Å²) in [6.07, 6.45) is 0. The molecule has 6 nitrogen and oxygen atoms in total. The number of hydrogen-bond donors (Lipinski definition) is 1. The van der Waals surface area contributed by atoms with Crippen LogP contribution in [0.3, 0.4) is 0 Å². The van der Waals surface area contributed by atoms with Crippen molar-refractivity contribution < 1.29 is 19.1 Å². The molecule has 21 heavy (non-hydrogen) atoms. The molecule has 1 N–H and O–H groups in total. The van der Waals surface area contributed by atoms with Crippen LogP contribution in [0.5, 0.6) is 5.75 Å². The SMILES string of the molecule is CCOCc1cc(C(=O)NCC(=O)N(C)C)ccc1OC. The van der Waals surface area contributed by atoms with Crippen molar-refractivity contribution in [3.05, 3.63) is 29.3 Å². The van der Waals surface area contributed by atoms with Crippen LogP contribution in [0.1, 0.15) is 22.8 Å². The van der Waals surface area contributed by atoms with Crippen LogP contribution in [-0.2, 0) is 16.1 Å². The number of carbonyl (C=O) groups excluding carboxylic acids is 2. The van der Waals surface area contributed by atoms with Gasteiger partial charge in [-0.1, -0.05) is 0 Å². The van der Waals surface area contributed by atoms with Crippen LogP contribution in [0.25, 0.3) is 0 Å². The Bertz CT molecular complexity index is 500. The van der Waals surface area contributed by atoms with Crippen LogP contribution < -0.4 is 10.1 Å². The van der Waals surface area contributed by atoms with Gasteiger partial charge in [0.15, 0.2) is 0 Å². The van der Waals surface area contributed by atoms with Gasteiger partial charge in [0.1, 0.15) is 5.75 Å². The number of nitrogens with zero attached hydrogens (tertiary/aromatic N) is 1. The van der Waals surface area contributed by atoms with Gasteiger partial charge in [0.25, 0.3) is 5.91 Å². The molecule has 1 aromatic rings. The highest BCUT2D eigenvalue weighted by molar-refractivity contribution is 5.96. The number of carbonyl (C=O) groups is 2. The predicted molar refractivity (Wildman–Crippen MR) is 79.4 cm³/mol. The second kappa shape index (κ2) is 8.26. The normalized spacial score (nSPS) is 10.1. The van der Waals surface area contributed by atoms with Crippen LogP contribution in [0, 0.1) is 0 Å². The fourth-order valence-electron chi connectivity index (χ4n) is 1.66. The Morgan fingerprint density at radius 3 is 2.57 bits per heavy atom. The Balaban J connectivity index is 2.77. The molecule has 1 aromatic carbocycles. The summed E-state index contributed by atoms with van der Waals surface area (Å²) < 4.78 is 10.6. The van der Waals surface area contributed by atoms with Gasteiger partial charge < -0.3 is 19.7 Å². The van der Waals surface area contributed by atoms with Crippen molar-refractivity contribution in [1.82, 2.24) is 10.2 Å². The number of hydrogen-bond acceptors (Lipinski definition) is 4. The van der Waals surface area contributed by atoms with Gasteiger partial charge in [-0.15, -0.1) is 0 Å². The summed E-state index contributed by atoms with van der Waals surface area (Å²) in [5, 5.41) is 2.59. The number of benzene rings is 1. The third-order valence-corrected chi connectivity index (χ3v) is 2.90. The van der Waals surface area contributed by atoms with Gasteiger partial charge in [-0.3, -0.25) is 9.59 Å². The molecule has 0 aliphatic rings. The standard InChI is InChI=1S/C15H22N2O4/c1-5-21-10-12-8-11(6-7-13(12)20-4)15(19)16-9-14(18)17(2)3/h6-8H,5,9-10H2,1-4H3,(H,16,19). The first kappa shape index (κ1) is 17.0. The number of methoxy groups -OCH3 is 1. The summed E-state index contributed by atoms with van der Waals surface area (Å²) in [6.45, 7) is 2.82. The van der Waals surface area contributed by atoms with E-state index in [4.69, 9.17) is 9.47 Å². The van der Waals surface area contributed by atoms with E-state index in [1.807, 2.05) is 6.92 Å². The number of ether oxygens (including phenoxy) is 2. The maximum absolute atomic E-state index is 12.0. The summed E-state index contributed by atoms with van der Waals surface area (Å²) in [7, 11) is 4.85. The molecule has 0 radical (unpaired) electrons. The molecule has 0 saturated heterocycles. The van der Waals surface area contributed by atoms with E-state index in [0.717, 1.165) is 5.56 Å². The predicted octanol–water partition coefficient (Wildman–Crippen LogP) is 1.05. The lowest BCUT2D eigenvalue weighted by atomic mass is 10.1. The highest BCUT2D eigenvalue weighted by Gasteiger charge is 2.12. The topological polar surface area (TPSA) is 67.9 Å². The summed E-state index contributed by atoms with van der Waals surface area (Å²) in [5.41, 5.74) is 1.27. The zero-order valence-electron chi connectivity index (χ0n) is 12.9. The van der Waals surface area contributed by atoms with Crippen LogP contribution in [-0.4, -0.2) is 51.1 Å². The highest BCUT2D eigenvalue weighted by atomic mass is 16.5. The minimum absolute atomic E-state index is 0.0291. The molecule has 2 amide bonds. The Morgan fingerprint density at radius 1 is 1.29 bits per heavy atom. The van der Waals surface area contributed by atoms with Crippen molar-refractivity contribution in [2.75, 3.05) is 34.4 Å². The quantitative estimate of drug-likeness (QED) is 0.816. The van der Waals surface area contributed by atoms with Crippen molar-refractivity contribution in [2.45, 2.75) is 13.5 Å². The van der Waals surface area contributed by atoms with Crippen LogP contribution in [0.15, 0.2) is 18.2 Å². The van der Waals surface area contributed by atoms with Gasteiger partial charge in [0.05, 0.1) is 20.3 Å². The fraction of sp³-hybridized carbons (Fsp3) is 0.467. The molecule has 0 spiro atoms. The molecule has 1 rings (SSSR count). The van der Waals surface area contributed by atoms with E-state index in [0.29, 0.717) is 24.5 Å². The van der Waals surface area contributed by atoms with E-state index >= 15 is 0 Å². The molecule has 0 unspecified atom stereocenters. The zero-order chi connectivity index (χ0) is 15.8. The van der Waals surface area contributed by atoms with Crippen molar-refractivity contribution in [2.24, 2.45) is 0 Å². The van der Waals surface area contributed by atoms with Crippen LogP contribution >= 0.6 is 0 Å². The lowest BCUT2D eigenvalue weighted by Crippen LogP contribution is -2.36. The van der Waals surface area contributed by atoms with E-state index in [1.54, 1.807) is 39.4 Å². The zero-order valence-corrected chi connectivity index (χ0v) is 12.9. The van der Waals surface area contributed by atoms with Gasteiger partial charge in [-0.25, -0.2) is 0 Å². The van der Waals surface area contributed by atoms with Gasteiger partial charge >= 0.3 is 0 Å². The first-order chi connectivity index (χ1) is 9.99. The van der Waals surface area contributed by atoms with E-state index < -0.39 is 0 Å². The Kier molecular flexibility index (Phi) is 6.68. The number of amides is 2. The summed E-state index contributed by atoms with van der Waals surface area (Å²) in [6, 6.07) is 5.09. The molecule has 0 aliphatic carbocycles. The minimum atomic E-state index is -0.300. The monoisotopic (exact) mass is 294 g/mol. The average molecular weight is 294 g/mol. The third-order valence-electron chi connectivity index (χ3n) is 2.90. The molecular formula is C15H22N2O4. The van der Waals surface area contributed by atoms with Gasteiger partial charge in [-0.05, 0) is 25.1 Å². The van der Waals surface area contributed by atoms with Crippen LogP contribution in [0.4, 0.5) is 0 Å². The molecule has 0 fully saturated rings. The Morgan fingerprint density at radius 2 is 2.00 bits per heavy atom. The van der Waals surface area contributed by atoms with Crippen molar-refractivity contribution in [1.29, 1.82) is 0 Å². The van der Waals surface area contributed by atoms with Crippen molar-refractivity contribution in [3.8, 4) is 5.75 Å². The van der Waals surface area contributed by atoms with Crippen molar-refractivity contribution in [3.63, 3.8) is 0 Å². The van der Waals surface area contributed by atoms with Crippen molar-refractivity contribution >= 4 is 11.8 Å². The van der Waals surface area contributed by atoms with E-state index in [-0.39, 0.29) is 18.4 Å². The number of likely N-dealkylation sites (N-methyl/N-ethyl adjacent to an activating group) is 1. The van der Waals surface area contributed by atoms with E-state index in [1.165, 1.54) is 4.90 Å². The smallest absolute Gasteiger partial charge is 0.251 e. The van der Waals surface area contributed by atoms with Gasteiger partial charge in [0, 0.05) is 31.8 Å². The molecule has 116 valence electrons. The largest absolute Gasteiger partial charge is 0.496 e. The molecule has 6 heteroatoms. The lowest BCUT2D eigenvalue weighted by Gasteiger charge is -2.13. The van der Waals surface area contributed by atoms with Gasteiger partial charge in [0.2, 0.25) is 5.91 Å². The highest BCUT2D eigenvalue weighted by Crippen LogP contribution is 2.20. The molecular weight excluding hydrogens is 272 g/mol. The van der Waals surface area contributed by atoms with Crippen LogP contribution in [0.2, 0.25) is 0 Å². The molecule has 0 atom stereocenters. The average Bonchev–Trinajstić information content (AvgIpc) is 2.49. The van der Waals surface area contributed by atoms with E-state index in [9.17, 15) is 9.59 Å². The third kappa shape index (κ3) is 5.07. The number of nitrogens with one attached hydrogen (secondary N) is 1. The summed E-state index contributed by atoms with van der Waals surface area (Å²) in [4.78, 5) is 24.9. The molecule has 0 saturated carbocycles. The Hall–Kier alpha value is -2.08.